The van der Waals surface area contributed by atoms with E-state index in [4.69, 9.17) is 0 Å². The van der Waals surface area contributed by atoms with Gasteiger partial charge in [-0.3, -0.25) is 14.5 Å². The third kappa shape index (κ3) is 5.91. The number of hydrogen-bond donors (Lipinski definition) is 2. The van der Waals surface area contributed by atoms with Gasteiger partial charge < -0.3 is 15.5 Å². The van der Waals surface area contributed by atoms with Crippen molar-refractivity contribution in [1.82, 2.24) is 25.3 Å². The highest BCUT2D eigenvalue weighted by atomic mass is 16.2. The highest BCUT2D eigenvalue weighted by molar-refractivity contribution is 5.94. The number of carbonyl (C=O) groups is 1. The molecule has 1 amide bonds. The number of guanidine groups is 1. The molecule has 26 heavy (non-hydrogen) atoms. The van der Waals surface area contributed by atoms with Crippen molar-refractivity contribution in [2.45, 2.75) is 19.9 Å². The van der Waals surface area contributed by atoms with Crippen LogP contribution in [-0.2, 0) is 13.0 Å². The molecule has 140 valence electrons. The van der Waals surface area contributed by atoms with E-state index in [0.29, 0.717) is 5.56 Å². The zero-order chi connectivity index (χ0) is 18.9. The molecule has 0 aliphatic heterocycles. The topological polar surface area (TPSA) is 74.6 Å². The van der Waals surface area contributed by atoms with Gasteiger partial charge in [-0.1, -0.05) is 12.1 Å². The predicted molar refractivity (Wildman–Crippen MR) is 104 cm³/mol. The van der Waals surface area contributed by atoms with E-state index in [9.17, 15) is 4.79 Å². The second-order valence-corrected chi connectivity index (χ2v) is 6.36. The van der Waals surface area contributed by atoms with Crippen molar-refractivity contribution >= 4 is 11.9 Å². The minimum Gasteiger partial charge on any atom is -0.356 e. The summed E-state index contributed by atoms with van der Waals surface area (Å²) in [6.07, 6.45) is 4.68. The quantitative estimate of drug-likeness (QED) is 0.579. The molecular formula is C19H28N6O. The molecule has 7 heteroatoms. The minimum atomic E-state index is 0.0196. The maximum absolute atomic E-state index is 12.0. The van der Waals surface area contributed by atoms with Crippen LogP contribution >= 0.6 is 0 Å². The van der Waals surface area contributed by atoms with Crippen molar-refractivity contribution in [3.8, 4) is 0 Å². The van der Waals surface area contributed by atoms with E-state index >= 15 is 0 Å². The van der Waals surface area contributed by atoms with E-state index in [1.165, 1.54) is 0 Å². The predicted octanol–water partition coefficient (Wildman–Crippen LogP) is 1.30. The molecule has 7 nitrogen and oxygen atoms in total. The van der Waals surface area contributed by atoms with Crippen molar-refractivity contribution < 1.29 is 4.79 Å². The molecule has 2 rings (SSSR count). The second-order valence-electron chi connectivity index (χ2n) is 6.36. The lowest BCUT2D eigenvalue weighted by Gasteiger charge is -2.13. The van der Waals surface area contributed by atoms with Crippen LogP contribution in [0.25, 0.3) is 0 Å². The second kappa shape index (κ2) is 9.60. The lowest BCUT2D eigenvalue weighted by molar-refractivity contribution is 0.0827. The van der Waals surface area contributed by atoms with E-state index in [1.807, 2.05) is 48.3 Å². The normalized spacial score (nSPS) is 11.3. The van der Waals surface area contributed by atoms with Crippen LogP contribution in [-0.4, -0.2) is 60.8 Å². The summed E-state index contributed by atoms with van der Waals surface area (Å²) in [6, 6.07) is 7.74. The molecular weight excluding hydrogens is 328 g/mol. The Bertz CT molecular complexity index is 750. The largest absolute Gasteiger partial charge is 0.356 e. The molecule has 0 saturated carbocycles. The van der Waals surface area contributed by atoms with Crippen LogP contribution in [0, 0.1) is 6.92 Å². The number of carbonyl (C=O) groups excluding carboxylic acids is 1. The van der Waals surface area contributed by atoms with E-state index in [-0.39, 0.29) is 5.91 Å². The van der Waals surface area contributed by atoms with Crippen LogP contribution in [0.3, 0.4) is 0 Å². The molecule has 0 bridgehead atoms. The maximum atomic E-state index is 12.0. The fourth-order valence-electron chi connectivity index (χ4n) is 2.54. The molecule has 2 aromatic rings. The van der Waals surface area contributed by atoms with Crippen molar-refractivity contribution in [2.75, 3.05) is 34.2 Å². The van der Waals surface area contributed by atoms with E-state index in [2.05, 4.69) is 20.7 Å². The molecule has 0 atom stereocenters. The first-order valence-corrected chi connectivity index (χ1v) is 8.73. The Morgan fingerprint density at radius 2 is 2.04 bits per heavy atom. The Labute approximate surface area is 155 Å². The lowest BCUT2D eigenvalue weighted by Crippen LogP contribution is -2.39. The van der Waals surface area contributed by atoms with Crippen molar-refractivity contribution in [1.29, 1.82) is 0 Å². The molecule has 0 spiro atoms. The van der Waals surface area contributed by atoms with Gasteiger partial charge in [0.05, 0.1) is 12.7 Å². The summed E-state index contributed by atoms with van der Waals surface area (Å²) in [7, 11) is 5.28. The van der Waals surface area contributed by atoms with Crippen LogP contribution in [0.5, 0.6) is 0 Å². The van der Waals surface area contributed by atoms with Crippen LogP contribution in [0.15, 0.2) is 41.7 Å². The van der Waals surface area contributed by atoms with Crippen LogP contribution < -0.4 is 10.6 Å². The van der Waals surface area contributed by atoms with Gasteiger partial charge >= 0.3 is 0 Å². The first kappa shape index (κ1) is 19.5. The van der Waals surface area contributed by atoms with Gasteiger partial charge in [-0.05, 0) is 36.6 Å². The van der Waals surface area contributed by atoms with E-state index < -0.39 is 0 Å². The van der Waals surface area contributed by atoms with Gasteiger partial charge in [0, 0.05) is 46.0 Å². The maximum Gasteiger partial charge on any atom is 0.253 e. The summed E-state index contributed by atoms with van der Waals surface area (Å²) in [5.74, 6) is 0.778. The standard InChI is InChI=1S/C19H28N6O/c1-15-13-23-25(14-15)11-10-22-19(20-2)21-9-8-16-6-5-7-17(12-16)18(26)24(3)4/h5-7,12-14H,8-11H2,1-4H3,(H2,20,21,22). The molecule has 0 saturated heterocycles. The van der Waals surface area contributed by atoms with Crippen LogP contribution in [0.2, 0.25) is 0 Å². The fourth-order valence-corrected chi connectivity index (χ4v) is 2.54. The van der Waals surface area contributed by atoms with E-state index in [0.717, 1.165) is 43.1 Å². The summed E-state index contributed by atoms with van der Waals surface area (Å²) in [6.45, 7) is 4.29. The zero-order valence-electron chi connectivity index (χ0n) is 16.0. The number of aryl methyl sites for hydroxylation is 1. The van der Waals surface area contributed by atoms with Crippen molar-refractivity contribution in [3.05, 3.63) is 53.3 Å². The van der Waals surface area contributed by atoms with Crippen molar-refractivity contribution in [3.63, 3.8) is 0 Å². The minimum absolute atomic E-state index is 0.0196. The zero-order valence-corrected chi connectivity index (χ0v) is 16.0. The Hall–Kier alpha value is -2.83. The van der Waals surface area contributed by atoms with Gasteiger partial charge in [0.1, 0.15) is 0 Å². The summed E-state index contributed by atoms with van der Waals surface area (Å²) < 4.78 is 1.91. The molecule has 0 fully saturated rings. The highest BCUT2D eigenvalue weighted by Crippen LogP contribution is 2.07. The number of aromatic nitrogens is 2. The molecule has 0 unspecified atom stereocenters. The summed E-state index contributed by atoms with van der Waals surface area (Å²) >= 11 is 0. The number of rotatable bonds is 7. The Kier molecular flexibility index (Phi) is 7.20. The summed E-state index contributed by atoms with van der Waals surface area (Å²) in [4.78, 5) is 17.9. The summed E-state index contributed by atoms with van der Waals surface area (Å²) in [5.41, 5.74) is 2.99. The first-order chi connectivity index (χ1) is 12.5. The third-order valence-electron chi connectivity index (χ3n) is 3.91. The average molecular weight is 356 g/mol. The smallest absolute Gasteiger partial charge is 0.253 e. The lowest BCUT2D eigenvalue weighted by atomic mass is 10.1. The molecule has 1 aromatic heterocycles. The van der Waals surface area contributed by atoms with Gasteiger partial charge in [-0.2, -0.15) is 5.10 Å². The number of nitrogens with one attached hydrogen (secondary N) is 2. The SMILES string of the molecule is CN=C(NCCc1cccc(C(=O)N(C)C)c1)NCCn1cc(C)cn1. The van der Waals surface area contributed by atoms with Gasteiger partial charge in [-0.25, -0.2) is 0 Å². The third-order valence-corrected chi connectivity index (χ3v) is 3.91. The first-order valence-electron chi connectivity index (χ1n) is 8.73. The van der Waals surface area contributed by atoms with Gasteiger partial charge in [0.15, 0.2) is 5.96 Å². The monoisotopic (exact) mass is 356 g/mol. The van der Waals surface area contributed by atoms with E-state index in [1.54, 1.807) is 26.0 Å². The number of amides is 1. The van der Waals surface area contributed by atoms with Crippen LogP contribution in [0.1, 0.15) is 21.5 Å². The number of aliphatic imine (C=N–C) groups is 1. The highest BCUT2D eigenvalue weighted by Gasteiger charge is 2.08. The number of hydrogen-bond acceptors (Lipinski definition) is 3. The molecule has 1 aromatic carbocycles. The Balaban J connectivity index is 1.76. The van der Waals surface area contributed by atoms with Gasteiger partial charge in [-0.15, -0.1) is 0 Å². The summed E-state index contributed by atoms with van der Waals surface area (Å²) in [5, 5.41) is 10.8. The molecule has 1 heterocycles. The van der Waals surface area contributed by atoms with Crippen LogP contribution in [0.4, 0.5) is 0 Å². The van der Waals surface area contributed by atoms with Crippen molar-refractivity contribution in [2.24, 2.45) is 4.99 Å². The number of nitrogens with zero attached hydrogens (tertiary/aromatic N) is 4. The molecule has 0 radical (unpaired) electrons. The average Bonchev–Trinajstić information content (AvgIpc) is 3.05. The molecule has 0 aliphatic carbocycles. The molecule has 2 N–H and O–H groups in total. The van der Waals surface area contributed by atoms with Gasteiger partial charge in [0.2, 0.25) is 0 Å². The fraction of sp³-hybridized carbons (Fsp3) is 0.421. The number of benzene rings is 1. The van der Waals surface area contributed by atoms with Gasteiger partial charge in [0.25, 0.3) is 5.91 Å². The Morgan fingerprint density at radius 1 is 1.27 bits per heavy atom. The Morgan fingerprint density at radius 3 is 2.69 bits per heavy atom. The molecule has 0 aliphatic rings.